The van der Waals surface area contributed by atoms with Crippen LogP contribution in [-0.4, -0.2) is 72.0 Å². The van der Waals surface area contributed by atoms with Crippen molar-refractivity contribution in [3.8, 4) is 0 Å². The summed E-state index contributed by atoms with van der Waals surface area (Å²) >= 11 is 0. The van der Waals surface area contributed by atoms with Crippen molar-refractivity contribution in [3.05, 3.63) is 53.9 Å². The zero-order valence-corrected chi connectivity index (χ0v) is 18.9. The second-order valence-electron chi connectivity index (χ2n) is 8.77. The molecule has 1 aliphatic heterocycles. The van der Waals surface area contributed by atoms with Crippen LogP contribution in [0.2, 0.25) is 0 Å². The summed E-state index contributed by atoms with van der Waals surface area (Å²) in [6.45, 7) is 8.02. The molecule has 2 aromatic heterocycles. The second-order valence-corrected chi connectivity index (χ2v) is 8.77. The van der Waals surface area contributed by atoms with Crippen LogP contribution in [0.5, 0.6) is 0 Å². The number of anilines is 2. The number of rotatable bonds is 6. The van der Waals surface area contributed by atoms with Crippen LogP contribution in [0.3, 0.4) is 0 Å². The highest BCUT2D eigenvalue weighted by Crippen LogP contribution is 2.26. The van der Waals surface area contributed by atoms with Crippen LogP contribution >= 0.6 is 0 Å². The molecule has 3 heterocycles. The van der Waals surface area contributed by atoms with Gasteiger partial charge in [-0.2, -0.15) is 0 Å². The fourth-order valence-electron chi connectivity index (χ4n) is 4.18. The minimum atomic E-state index is 0.0906. The van der Waals surface area contributed by atoms with Gasteiger partial charge in [0.1, 0.15) is 0 Å². The van der Waals surface area contributed by atoms with Crippen LogP contribution in [-0.2, 0) is 6.54 Å². The van der Waals surface area contributed by atoms with E-state index in [9.17, 15) is 4.79 Å². The number of piperazine rings is 1. The van der Waals surface area contributed by atoms with E-state index in [1.165, 1.54) is 5.56 Å². The van der Waals surface area contributed by atoms with Gasteiger partial charge in [0, 0.05) is 62.1 Å². The number of carbonyl (C=O) groups is 1. The average molecular weight is 421 g/mol. The molecule has 1 aliphatic rings. The predicted molar refractivity (Wildman–Crippen MR) is 127 cm³/mol. The molecule has 7 heteroatoms. The van der Waals surface area contributed by atoms with E-state index in [-0.39, 0.29) is 5.91 Å². The van der Waals surface area contributed by atoms with Crippen molar-refractivity contribution < 1.29 is 4.79 Å². The Hall–Kier alpha value is -3.06. The molecule has 0 spiro atoms. The Labute approximate surface area is 184 Å². The standard InChI is InChI=1S/C24H32N6O/c1-17(2)27-21-6-5-9-25-23(21)29-10-12-30(13-11-29)24(31)20-15-26-22-14-18(16-28(3)4)7-8-19(20)22/h5-9,14-15,17,26-27H,10-13,16H2,1-4H3. The monoisotopic (exact) mass is 420 g/mol. The second kappa shape index (κ2) is 8.98. The summed E-state index contributed by atoms with van der Waals surface area (Å²) in [7, 11) is 4.11. The number of hydrogen-bond acceptors (Lipinski definition) is 5. The minimum Gasteiger partial charge on any atom is -0.380 e. The maximum atomic E-state index is 13.2. The molecular weight excluding hydrogens is 388 g/mol. The van der Waals surface area contributed by atoms with Crippen molar-refractivity contribution in [3.63, 3.8) is 0 Å². The molecule has 7 nitrogen and oxygen atoms in total. The number of nitrogens with one attached hydrogen (secondary N) is 2. The Morgan fingerprint density at radius 1 is 1.19 bits per heavy atom. The molecule has 1 fully saturated rings. The number of benzene rings is 1. The first-order valence-corrected chi connectivity index (χ1v) is 10.9. The molecule has 2 N–H and O–H groups in total. The molecule has 4 rings (SSSR count). The predicted octanol–water partition coefficient (Wildman–Crippen LogP) is 3.41. The molecule has 0 unspecified atom stereocenters. The van der Waals surface area contributed by atoms with Crippen LogP contribution in [0.25, 0.3) is 10.9 Å². The lowest BCUT2D eigenvalue weighted by Gasteiger charge is -2.36. The maximum Gasteiger partial charge on any atom is 0.256 e. The summed E-state index contributed by atoms with van der Waals surface area (Å²) < 4.78 is 0. The third kappa shape index (κ3) is 4.66. The van der Waals surface area contributed by atoms with Gasteiger partial charge in [-0.15, -0.1) is 0 Å². The lowest BCUT2D eigenvalue weighted by atomic mass is 10.1. The lowest BCUT2D eigenvalue weighted by Crippen LogP contribution is -2.49. The molecular formula is C24H32N6O. The van der Waals surface area contributed by atoms with Crippen LogP contribution < -0.4 is 10.2 Å². The summed E-state index contributed by atoms with van der Waals surface area (Å²) in [6, 6.07) is 10.7. The van der Waals surface area contributed by atoms with E-state index in [0.717, 1.165) is 47.6 Å². The molecule has 0 saturated carbocycles. The topological polar surface area (TPSA) is 67.5 Å². The molecule has 1 amide bonds. The van der Waals surface area contributed by atoms with Crippen LogP contribution in [0, 0.1) is 0 Å². The van der Waals surface area contributed by atoms with Gasteiger partial charge >= 0.3 is 0 Å². The third-order valence-electron chi connectivity index (χ3n) is 5.57. The number of hydrogen-bond donors (Lipinski definition) is 2. The first-order chi connectivity index (χ1) is 14.9. The first kappa shape index (κ1) is 21.2. The smallest absolute Gasteiger partial charge is 0.256 e. The highest BCUT2D eigenvalue weighted by molar-refractivity contribution is 6.06. The quantitative estimate of drug-likeness (QED) is 0.640. The van der Waals surface area contributed by atoms with Gasteiger partial charge in [-0.1, -0.05) is 12.1 Å². The average Bonchev–Trinajstić information content (AvgIpc) is 3.16. The summed E-state index contributed by atoms with van der Waals surface area (Å²) in [5.41, 5.74) is 4.04. The van der Waals surface area contributed by atoms with Crippen molar-refractivity contribution in [2.24, 2.45) is 0 Å². The van der Waals surface area contributed by atoms with Gasteiger partial charge in [0.25, 0.3) is 5.91 Å². The number of fused-ring (bicyclic) bond motifs is 1. The van der Waals surface area contributed by atoms with Gasteiger partial charge in [-0.3, -0.25) is 4.79 Å². The molecule has 1 aromatic carbocycles. The molecule has 0 aliphatic carbocycles. The van der Waals surface area contributed by atoms with E-state index in [4.69, 9.17) is 0 Å². The van der Waals surface area contributed by atoms with Crippen molar-refractivity contribution >= 4 is 28.3 Å². The Morgan fingerprint density at radius 3 is 2.68 bits per heavy atom. The zero-order chi connectivity index (χ0) is 22.0. The molecule has 0 radical (unpaired) electrons. The van der Waals surface area contributed by atoms with E-state index in [1.54, 1.807) is 0 Å². The fourth-order valence-corrected chi connectivity index (χ4v) is 4.18. The number of nitrogens with zero attached hydrogens (tertiary/aromatic N) is 4. The first-order valence-electron chi connectivity index (χ1n) is 10.9. The van der Waals surface area contributed by atoms with E-state index < -0.39 is 0 Å². The van der Waals surface area contributed by atoms with Gasteiger partial charge in [-0.25, -0.2) is 4.98 Å². The van der Waals surface area contributed by atoms with Gasteiger partial charge in [0.05, 0.1) is 11.3 Å². The Bertz CT molecular complexity index is 1050. The number of amides is 1. The molecule has 1 saturated heterocycles. The van der Waals surface area contributed by atoms with E-state index in [0.29, 0.717) is 19.1 Å². The summed E-state index contributed by atoms with van der Waals surface area (Å²) in [5.74, 6) is 1.05. The van der Waals surface area contributed by atoms with Crippen LogP contribution in [0.15, 0.2) is 42.7 Å². The van der Waals surface area contributed by atoms with Crippen molar-refractivity contribution in [2.45, 2.75) is 26.4 Å². The molecule has 31 heavy (non-hydrogen) atoms. The van der Waals surface area contributed by atoms with Gasteiger partial charge < -0.3 is 25.0 Å². The van der Waals surface area contributed by atoms with Crippen LogP contribution in [0.1, 0.15) is 29.8 Å². The maximum absolute atomic E-state index is 13.2. The number of carbonyl (C=O) groups excluding carboxylic acids is 1. The normalized spacial score (nSPS) is 14.6. The fraction of sp³-hybridized carbons (Fsp3) is 0.417. The SMILES string of the molecule is CC(C)Nc1cccnc1N1CCN(C(=O)c2c[nH]c3cc(CN(C)C)ccc23)CC1. The highest BCUT2D eigenvalue weighted by Gasteiger charge is 2.25. The molecule has 3 aromatic rings. The molecule has 0 atom stereocenters. The minimum absolute atomic E-state index is 0.0906. The summed E-state index contributed by atoms with van der Waals surface area (Å²) in [5, 5.41) is 4.46. The summed E-state index contributed by atoms with van der Waals surface area (Å²) in [4.78, 5) is 27.5. The van der Waals surface area contributed by atoms with Crippen molar-refractivity contribution in [1.82, 2.24) is 19.8 Å². The number of pyridine rings is 1. The Balaban J connectivity index is 1.45. The lowest BCUT2D eigenvalue weighted by molar-refractivity contribution is 0.0748. The number of H-pyrrole nitrogens is 1. The van der Waals surface area contributed by atoms with E-state index in [1.807, 2.05) is 23.4 Å². The van der Waals surface area contributed by atoms with Gasteiger partial charge in [0.2, 0.25) is 0 Å². The third-order valence-corrected chi connectivity index (χ3v) is 5.57. The van der Waals surface area contributed by atoms with Crippen molar-refractivity contribution in [2.75, 3.05) is 50.5 Å². The zero-order valence-electron chi connectivity index (χ0n) is 18.9. The molecule has 164 valence electrons. The Kier molecular flexibility index (Phi) is 6.13. The largest absolute Gasteiger partial charge is 0.380 e. The van der Waals surface area contributed by atoms with Gasteiger partial charge in [0.15, 0.2) is 5.82 Å². The van der Waals surface area contributed by atoms with Gasteiger partial charge in [-0.05, 0) is 51.7 Å². The summed E-state index contributed by atoms with van der Waals surface area (Å²) in [6.07, 6.45) is 3.68. The van der Waals surface area contributed by atoms with E-state index in [2.05, 4.69) is 77.3 Å². The number of aromatic nitrogens is 2. The van der Waals surface area contributed by atoms with Crippen LogP contribution in [0.4, 0.5) is 11.5 Å². The Morgan fingerprint density at radius 2 is 1.97 bits per heavy atom. The van der Waals surface area contributed by atoms with E-state index >= 15 is 0 Å². The number of aromatic amines is 1. The highest BCUT2D eigenvalue weighted by atomic mass is 16.2. The van der Waals surface area contributed by atoms with Crippen molar-refractivity contribution in [1.29, 1.82) is 0 Å². The molecule has 0 bridgehead atoms.